The Kier molecular flexibility index (Phi) is 6.62. The molecule has 27 valence electrons. The van der Waals surface area contributed by atoms with Gasteiger partial charge in [-0.05, 0) is 0 Å². The van der Waals surface area contributed by atoms with Crippen molar-refractivity contribution in [3.05, 3.63) is 0 Å². The van der Waals surface area contributed by atoms with Crippen LogP contribution in [0.5, 0.6) is 0 Å². The standard InChI is InChI=1S/C2H4B5/c3-1-5-2-6-7-4/h1-2H2. The summed E-state index contributed by atoms with van der Waals surface area (Å²) in [5.41, 5.74) is 0. The molecule has 0 heterocycles. The summed E-state index contributed by atoms with van der Waals surface area (Å²) in [6, 6.07) is 0. The van der Waals surface area contributed by atoms with Crippen molar-refractivity contribution in [2.24, 2.45) is 0 Å². The monoisotopic (exact) mass is 83.1 g/mol. The van der Waals surface area contributed by atoms with Crippen LogP contribution >= 0.6 is 0 Å². The molecule has 0 fully saturated rings. The van der Waals surface area contributed by atoms with Gasteiger partial charge in [-0.25, -0.2) is 0 Å². The highest BCUT2D eigenvalue weighted by Crippen LogP contribution is 1.74. The van der Waals surface area contributed by atoms with E-state index in [9.17, 15) is 0 Å². The second kappa shape index (κ2) is 6.32. The summed E-state index contributed by atoms with van der Waals surface area (Å²) in [5, 5.41) is 0. The van der Waals surface area contributed by atoms with Gasteiger partial charge in [-0.15, -0.1) is 12.4 Å². The van der Waals surface area contributed by atoms with Crippen molar-refractivity contribution in [3.63, 3.8) is 0 Å². The van der Waals surface area contributed by atoms with Gasteiger partial charge in [0, 0.05) is 22.0 Å². The SMILES string of the molecule is [B][B][B]C[B]C[B]. The molecule has 0 amide bonds. The molecule has 0 saturated heterocycles. The Hall–Kier alpha value is 0.325. The molecule has 0 aliphatic heterocycles. The van der Waals surface area contributed by atoms with Crippen LogP contribution in [0, 0.1) is 0 Å². The van der Waals surface area contributed by atoms with E-state index in [4.69, 9.17) is 15.6 Å². The van der Waals surface area contributed by atoms with Gasteiger partial charge in [0.2, 0.25) is 0 Å². The fourth-order valence-corrected chi connectivity index (χ4v) is 0.271. The van der Waals surface area contributed by atoms with E-state index in [0.29, 0.717) is 6.22 Å². The first kappa shape index (κ1) is 7.32. The highest BCUT2D eigenvalue weighted by atomic mass is 13.3. The molecule has 5 heteroatoms. The molecule has 0 N–H and O–H groups in total. The Morgan fingerprint density at radius 1 is 1.43 bits per heavy atom. The lowest BCUT2D eigenvalue weighted by atomic mass is 9.23. The quantitative estimate of drug-likeness (QED) is 0.302. The van der Waals surface area contributed by atoms with Crippen molar-refractivity contribution >= 4 is 37.1 Å². The Labute approximate surface area is 50.3 Å². The van der Waals surface area contributed by atoms with Crippen LogP contribution in [0.3, 0.4) is 0 Å². The van der Waals surface area contributed by atoms with Crippen molar-refractivity contribution in [2.45, 2.75) is 12.4 Å². The van der Waals surface area contributed by atoms with Gasteiger partial charge < -0.3 is 0 Å². The van der Waals surface area contributed by atoms with Gasteiger partial charge in [-0.2, -0.15) is 0 Å². The van der Waals surface area contributed by atoms with Crippen molar-refractivity contribution < 1.29 is 0 Å². The van der Waals surface area contributed by atoms with Crippen molar-refractivity contribution in [1.29, 1.82) is 0 Å². The molecule has 0 aliphatic carbocycles. The molecule has 7 radical (unpaired) electrons. The molecule has 0 aromatic heterocycles. The van der Waals surface area contributed by atoms with E-state index in [2.05, 4.69) is 0 Å². The third-order valence-corrected chi connectivity index (χ3v) is 0.605. The molecule has 0 aromatic rings. The Bertz CT molecular complexity index is 25.3. The average molecular weight is 82.1 g/mol. The summed E-state index contributed by atoms with van der Waals surface area (Å²) in [5.74, 6) is 0. The van der Waals surface area contributed by atoms with Gasteiger partial charge in [-0.1, -0.05) is 0 Å². The van der Waals surface area contributed by atoms with E-state index >= 15 is 0 Å². The molecular formula is C2H4B5. The first-order valence-corrected chi connectivity index (χ1v) is 2.30. The van der Waals surface area contributed by atoms with E-state index in [-0.39, 0.29) is 0 Å². The second-order valence-electron chi connectivity index (χ2n) is 1.19. The molecule has 7 heavy (non-hydrogen) atoms. The van der Waals surface area contributed by atoms with Crippen LogP contribution < -0.4 is 0 Å². The predicted octanol–water partition coefficient (Wildman–Crippen LogP) is -0.982. The van der Waals surface area contributed by atoms with Gasteiger partial charge in [-0.3, -0.25) is 0 Å². The molecule has 0 rings (SSSR count). The number of hydrogen-bond acceptors (Lipinski definition) is 0. The van der Waals surface area contributed by atoms with Crippen molar-refractivity contribution in [3.8, 4) is 0 Å². The minimum atomic E-state index is 0.629. The summed E-state index contributed by atoms with van der Waals surface area (Å²) < 4.78 is 0. The van der Waals surface area contributed by atoms with Crippen molar-refractivity contribution in [1.82, 2.24) is 0 Å². The van der Waals surface area contributed by atoms with Gasteiger partial charge >= 0.3 is 0 Å². The van der Waals surface area contributed by atoms with Gasteiger partial charge in [0.05, 0.1) is 15.1 Å². The third kappa shape index (κ3) is 6.32. The topological polar surface area (TPSA) is 0 Å². The minimum Gasteiger partial charge on any atom is -0.115 e. The van der Waals surface area contributed by atoms with E-state index < -0.39 is 0 Å². The zero-order valence-electron chi connectivity index (χ0n) is 4.30. The Morgan fingerprint density at radius 2 is 2.14 bits per heavy atom. The molecule has 0 aromatic carbocycles. The largest absolute Gasteiger partial charge is 0.115 e. The van der Waals surface area contributed by atoms with Crippen LogP contribution in [0.4, 0.5) is 0 Å². The molecule has 0 saturated carbocycles. The van der Waals surface area contributed by atoms with Gasteiger partial charge in [0.15, 0.2) is 0 Å². The summed E-state index contributed by atoms with van der Waals surface area (Å²) in [4.78, 5) is 0. The Morgan fingerprint density at radius 3 is 2.57 bits per heavy atom. The highest BCUT2D eigenvalue weighted by Gasteiger charge is 1.84. The minimum absolute atomic E-state index is 0.629. The van der Waals surface area contributed by atoms with Crippen molar-refractivity contribution in [2.75, 3.05) is 0 Å². The number of hydrogen-bond donors (Lipinski definition) is 0. The normalized spacial score (nSPS) is 7.43. The first-order chi connectivity index (χ1) is 3.41. The summed E-state index contributed by atoms with van der Waals surface area (Å²) in [6.07, 6.45) is 1.51. The van der Waals surface area contributed by atoms with E-state index in [1.165, 1.54) is 7.06 Å². The van der Waals surface area contributed by atoms with E-state index in [0.717, 1.165) is 6.22 Å². The molecule has 0 unspecified atom stereocenters. The van der Waals surface area contributed by atoms with Crippen LogP contribution in [0.25, 0.3) is 0 Å². The lowest BCUT2D eigenvalue weighted by molar-refractivity contribution is 1.90. The molecule has 0 nitrogen and oxygen atoms in total. The maximum atomic E-state index is 5.14. The summed E-state index contributed by atoms with van der Waals surface area (Å²) in [7, 11) is 15.5. The molecule has 0 bridgehead atoms. The maximum Gasteiger partial charge on any atom is 0.0900 e. The first-order valence-electron chi connectivity index (χ1n) is 2.30. The molecule has 0 atom stereocenters. The van der Waals surface area contributed by atoms with E-state index in [1.807, 2.05) is 14.4 Å². The molecule has 0 aliphatic rings. The zero-order chi connectivity index (χ0) is 5.54. The van der Waals surface area contributed by atoms with E-state index in [1.54, 1.807) is 0 Å². The maximum absolute atomic E-state index is 5.14. The van der Waals surface area contributed by atoms with Crippen LogP contribution in [0.2, 0.25) is 12.4 Å². The van der Waals surface area contributed by atoms with Crippen LogP contribution in [-0.2, 0) is 0 Å². The molecular weight excluding hydrogens is 78.1 g/mol. The smallest absolute Gasteiger partial charge is 0.0900 e. The lowest BCUT2D eigenvalue weighted by Crippen LogP contribution is -2.05. The van der Waals surface area contributed by atoms with Gasteiger partial charge in [0.1, 0.15) is 0 Å². The number of rotatable bonds is 4. The van der Waals surface area contributed by atoms with Crippen LogP contribution in [0.1, 0.15) is 0 Å². The fraction of sp³-hybridized carbons (Fsp3) is 1.00. The summed E-state index contributed by atoms with van der Waals surface area (Å²) in [6.45, 7) is 0. The Balaban J connectivity index is 2.45. The fourth-order valence-electron chi connectivity index (χ4n) is 0.271. The second-order valence-corrected chi connectivity index (χ2v) is 1.19. The highest BCUT2D eigenvalue weighted by molar-refractivity contribution is 7.25. The van der Waals surface area contributed by atoms with Crippen LogP contribution in [-0.4, -0.2) is 37.1 Å². The molecule has 0 spiro atoms. The summed E-state index contributed by atoms with van der Waals surface area (Å²) >= 11 is 0. The zero-order valence-corrected chi connectivity index (χ0v) is 4.30. The predicted molar refractivity (Wildman–Crippen MR) is 38.4 cm³/mol. The van der Waals surface area contributed by atoms with Crippen LogP contribution in [0.15, 0.2) is 0 Å². The average Bonchev–Trinajstić information content (AvgIpc) is 1.69. The lowest BCUT2D eigenvalue weighted by Gasteiger charge is -1.86. The third-order valence-electron chi connectivity index (χ3n) is 0.605. The van der Waals surface area contributed by atoms with Gasteiger partial charge in [0.25, 0.3) is 0 Å².